The minimum absolute atomic E-state index is 0.0165. The lowest BCUT2D eigenvalue weighted by atomic mass is 10.0. The Labute approximate surface area is 147 Å². The molecule has 24 heavy (non-hydrogen) atoms. The molecule has 1 aromatic carbocycles. The summed E-state index contributed by atoms with van der Waals surface area (Å²) in [6.45, 7) is 7.01. The number of benzene rings is 1. The Morgan fingerprint density at radius 3 is 2.50 bits per heavy atom. The van der Waals surface area contributed by atoms with E-state index < -0.39 is 22.9 Å². The van der Waals surface area contributed by atoms with E-state index in [2.05, 4.69) is 4.72 Å². The minimum atomic E-state index is -1.28. The molecule has 1 aromatic rings. The van der Waals surface area contributed by atoms with Crippen molar-refractivity contribution in [3.8, 4) is 0 Å². The predicted molar refractivity (Wildman–Crippen MR) is 95.0 cm³/mol. The van der Waals surface area contributed by atoms with Gasteiger partial charge >= 0.3 is 0 Å². The van der Waals surface area contributed by atoms with Crippen molar-refractivity contribution in [2.24, 2.45) is 0 Å². The summed E-state index contributed by atoms with van der Waals surface area (Å²) in [5, 5.41) is 9.72. The standard InChI is InChI=1S/C18H29NO4S/c1-14-6-8-17(9-7-14)24(21)19-16(13-15(2)20)5-4-10-18(3)22-11-12-23-18/h6-9,15-16,19-20H,4-5,10-13H2,1-3H3/t15-,16+,24+/m0/s1. The van der Waals surface area contributed by atoms with E-state index in [0.29, 0.717) is 19.6 Å². The fourth-order valence-corrected chi connectivity index (χ4v) is 3.92. The smallest absolute Gasteiger partial charge is 0.165 e. The lowest BCUT2D eigenvalue weighted by molar-refractivity contribution is -0.147. The molecule has 3 atom stereocenters. The fourth-order valence-electron chi connectivity index (χ4n) is 2.89. The van der Waals surface area contributed by atoms with E-state index in [0.717, 1.165) is 29.7 Å². The third kappa shape index (κ3) is 6.26. The van der Waals surface area contributed by atoms with Gasteiger partial charge in [0.1, 0.15) is 11.0 Å². The molecule has 0 unspecified atom stereocenters. The molecule has 0 amide bonds. The van der Waals surface area contributed by atoms with Crippen molar-refractivity contribution < 1.29 is 18.8 Å². The summed E-state index contributed by atoms with van der Waals surface area (Å²) < 4.78 is 26.9. The van der Waals surface area contributed by atoms with Crippen molar-refractivity contribution in [3.63, 3.8) is 0 Å². The molecule has 1 aliphatic heterocycles. The first kappa shape index (κ1) is 19.5. The molecule has 1 fully saturated rings. The Bertz CT molecular complexity index is 526. The highest BCUT2D eigenvalue weighted by Gasteiger charge is 2.30. The van der Waals surface area contributed by atoms with E-state index in [4.69, 9.17) is 9.47 Å². The Morgan fingerprint density at radius 1 is 1.29 bits per heavy atom. The maximum Gasteiger partial charge on any atom is 0.165 e. The van der Waals surface area contributed by atoms with Gasteiger partial charge in [0.25, 0.3) is 0 Å². The van der Waals surface area contributed by atoms with E-state index in [-0.39, 0.29) is 6.04 Å². The number of aryl methyl sites for hydroxylation is 1. The summed E-state index contributed by atoms with van der Waals surface area (Å²) in [6.07, 6.45) is 2.61. The zero-order chi connectivity index (χ0) is 17.6. The Morgan fingerprint density at radius 2 is 1.92 bits per heavy atom. The minimum Gasteiger partial charge on any atom is -0.393 e. The molecule has 6 heteroatoms. The number of ether oxygens (including phenoxy) is 2. The molecule has 0 aromatic heterocycles. The molecule has 0 saturated carbocycles. The van der Waals surface area contributed by atoms with Gasteiger partial charge < -0.3 is 14.6 Å². The van der Waals surface area contributed by atoms with Crippen LogP contribution in [-0.4, -0.2) is 40.5 Å². The zero-order valence-corrected chi connectivity index (χ0v) is 15.6. The SMILES string of the molecule is Cc1ccc([S@@](=O)N[C@H](CCCC2(C)OCCO2)C[C@H](C)O)cc1. The van der Waals surface area contributed by atoms with Gasteiger partial charge in [0, 0.05) is 12.5 Å². The summed E-state index contributed by atoms with van der Waals surface area (Å²) in [7, 11) is -1.28. The quantitative estimate of drug-likeness (QED) is 0.715. The maximum atomic E-state index is 12.5. The van der Waals surface area contributed by atoms with Gasteiger partial charge in [-0.25, -0.2) is 8.93 Å². The van der Waals surface area contributed by atoms with Gasteiger partial charge in [0.05, 0.1) is 24.2 Å². The van der Waals surface area contributed by atoms with Crippen molar-refractivity contribution in [2.75, 3.05) is 13.2 Å². The average molecular weight is 356 g/mol. The molecule has 0 aliphatic carbocycles. The average Bonchev–Trinajstić information content (AvgIpc) is 2.94. The van der Waals surface area contributed by atoms with Crippen molar-refractivity contribution in [3.05, 3.63) is 29.8 Å². The van der Waals surface area contributed by atoms with E-state index in [1.807, 2.05) is 38.1 Å². The van der Waals surface area contributed by atoms with E-state index in [1.165, 1.54) is 0 Å². The second-order valence-electron chi connectivity index (χ2n) is 6.70. The van der Waals surface area contributed by atoms with Crippen LogP contribution in [0.5, 0.6) is 0 Å². The number of hydrogen-bond acceptors (Lipinski definition) is 4. The number of nitrogens with one attached hydrogen (secondary N) is 1. The Balaban J connectivity index is 1.87. The van der Waals surface area contributed by atoms with Gasteiger partial charge in [-0.15, -0.1) is 0 Å². The van der Waals surface area contributed by atoms with Crippen molar-refractivity contribution >= 4 is 11.0 Å². The predicted octanol–water partition coefficient (Wildman–Crippen LogP) is 2.68. The normalized spacial score (nSPS) is 20.7. The second-order valence-corrected chi connectivity index (χ2v) is 7.95. The molecule has 1 heterocycles. The molecule has 0 spiro atoms. The third-order valence-electron chi connectivity index (χ3n) is 4.22. The van der Waals surface area contributed by atoms with Crippen molar-refractivity contribution in [1.29, 1.82) is 0 Å². The molecule has 136 valence electrons. The summed E-state index contributed by atoms with van der Waals surface area (Å²) in [6, 6.07) is 7.64. The van der Waals surface area contributed by atoms with Gasteiger partial charge in [0.15, 0.2) is 5.79 Å². The zero-order valence-electron chi connectivity index (χ0n) is 14.8. The van der Waals surface area contributed by atoms with Gasteiger partial charge in [0.2, 0.25) is 0 Å². The van der Waals surface area contributed by atoms with Crippen LogP contribution in [0.4, 0.5) is 0 Å². The molecule has 2 N–H and O–H groups in total. The van der Waals surface area contributed by atoms with Crippen LogP contribution in [0.1, 0.15) is 45.1 Å². The highest BCUT2D eigenvalue weighted by molar-refractivity contribution is 7.83. The lowest BCUT2D eigenvalue weighted by Gasteiger charge is -2.24. The first-order valence-corrected chi connectivity index (χ1v) is 9.73. The van der Waals surface area contributed by atoms with E-state index in [1.54, 1.807) is 6.92 Å². The van der Waals surface area contributed by atoms with Crippen LogP contribution in [0.25, 0.3) is 0 Å². The molecule has 1 aliphatic rings. The first-order chi connectivity index (χ1) is 11.4. The molecular weight excluding hydrogens is 326 g/mol. The van der Waals surface area contributed by atoms with Crippen LogP contribution < -0.4 is 4.72 Å². The monoisotopic (exact) mass is 355 g/mol. The maximum absolute atomic E-state index is 12.5. The molecule has 0 bridgehead atoms. The third-order valence-corrected chi connectivity index (χ3v) is 5.46. The summed E-state index contributed by atoms with van der Waals surface area (Å²) >= 11 is 0. The Hall–Kier alpha value is -0.790. The van der Waals surface area contributed by atoms with Gasteiger partial charge in [-0.3, -0.25) is 0 Å². The van der Waals surface area contributed by atoms with Crippen LogP contribution in [0, 0.1) is 6.92 Å². The van der Waals surface area contributed by atoms with E-state index >= 15 is 0 Å². The lowest BCUT2D eigenvalue weighted by Crippen LogP contribution is -2.34. The topological polar surface area (TPSA) is 67.8 Å². The van der Waals surface area contributed by atoms with Gasteiger partial charge in [-0.2, -0.15) is 0 Å². The van der Waals surface area contributed by atoms with Gasteiger partial charge in [-0.1, -0.05) is 17.7 Å². The number of rotatable bonds is 9. The first-order valence-electron chi connectivity index (χ1n) is 8.58. The summed E-state index contributed by atoms with van der Waals surface area (Å²) in [5.74, 6) is -0.495. The molecule has 2 rings (SSSR count). The number of aliphatic hydroxyl groups excluding tert-OH is 1. The van der Waals surface area contributed by atoms with Crippen molar-refractivity contribution in [1.82, 2.24) is 4.72 Å². The second kappa shape index (κ2) is 9.06. The van der Waals surface area contributed by atoms with Crippen molar-refractivity contribution in [2.45, 2.75) is 69.3 Å². The largest absolute Gasteiger partial charge is 0.393 e. The molecule has 5 nitrogen and oxygen atoms in total. The highest BCUT2D eigenvalue weighted by Crippen LogP contribution is 2.25. The summed E-state index contributed by atoms with van der Waals surface area (Å²) in [4.78, 5) is 0.755. The fraction of sp³-hybridized carbons (Fsp3) is 0.667. The summed E-state index contributed by atoms with van der Waals surface area (Å²) in [5.41, 5.74) is 1.14. The number of aliphatic hydroxyl groups is 1. The van der Waals surface area contributed by atoms with Crippen LogP contribution in [0.3, 0.4) is 0 Å². The molecule has 1 saturated heterocycles. The molecular formula is C18H29NO4S. The van der Waals surface area contributed by atoms with Crippen LogP contribution >= 0.6 is 0 Å². The van der Waals surface area contributed by atoms with Gasteiger partial charge in [-0.05, 0) is 52.2 Å². The van der Waals surface area contributed by atoms with Crippen LogP contribution in [-0.2, 0) is 20.5 Å². The number of hydrogen-bond donors (Lipinski definition) is 2. The highest BCUT2D eigenvalue weighted by atomic mass is 32.2. The van der Waals surface area contributed by atoms with E-state index in [9.17, 15) is 9.32 Å². The van der Waals surface area contributed by atoms with Crippen LogP contribution in [0.15, 0.2) is 29.2 Å². The van der Waals surface area contributed by atoms with Crippen LogP contribution in [0.2, 0.25) is 0 Å². The Kier molecular flexibility index (Phi) is 7.37. The molecule has 0 radical (unpaired) electrons.